The Hall–Kier alpha value is -1.83. The summed E-state index contributed by atoms with van der Waals surface area (Å²) in [5.74, 6) is -0.994. The highest BCUT2D eigenvalue weighted by Crippen LogP contribution is 2.21. The van der Waals surface area contributed by atoms with Crippen LogP contribution in [0.5, 0.6) is 0 Å². The Morgan fingerprint density at radius 1 is 0.966 bits per heavy atom. The number of halogens is 2. The number of rotatable bonds is 6. The molecule has 1 aromatic carbocycles. The Morgan fingerprint density at radius 2 is 1.66 bits per heavy atom. The molecule has 2 heterocycles. The number of nitrogens with one attached hydrogen (secondary N) is 2. The smallest absolute Gasteiger partial charge is 0.253 e. The average molecular weight is 441 g/mol. The molecule has 7 nitrogen and oxygen atoms in total. The highest BCUT2D eigenvalue weighted by Gasteiger charge is 2.28. The average Bonchev–Trinajstić information content (AvgIpc) is 3.25. The van der Waals surface area contributed by atoms with Crippen molar-refractivity contribution >= 4 is 40.9 Å². The third-order valence-electron chi connectivity index (χ3n) is 5.50. The Balaban J connectivity index is 1.36. The summed E-state index contributed by atoms with van der Waals surface area (Å²) in [7, 11) is 0. The largest absolute Gasteiger partial charge is 0.345 e. The van der Waals surface area contributed by atoms with Gasteiger partial charge in [-0.15, -0.1) is 0 Å². The van der Waals surface area contributed by atoms with E-state index in [1.165, 1.54) is 38.1 Å². The highest BCUT2D eigenvalue weighted by atomic mass is 35.5. The molecule has 2 aliphatic rings. The molecule has 0 bridgehead atoms. The molecule has 2 N–H and O–H groups in total. The van der Waals surface area contributed by atoms with Crippen molar-refractivity contribution in [2.75, 3.05) is 39.3 Å². The maximum Gasteiger partial charge on any atom is 0.253 e. The van der Waals surface area contributed by atoms with E-state index < -0.39 is 11.8 Å². The number of carbonyl (C=O) groups excluding carboxylic acids is 3. The Kier molecular flexibility index (Phi) is 7.75. The molecule has 2 fully saturated rings. The van der Waals surface area contributed by atoms with Crippen LogP contribution in [-0.4, -0.2) is 72.8 Å². The van der Waals surface area contributed by atoms with Crippen molar-refractivity contribution in [3.63, 3.8) is 0 Å². The monoisotopic (exact) mass is 440 g/mol. The molecule has 1 aromatic rings. The quantitative estimate of drug-likeness (QED) is 0.707. The van der Waals surface area contributed by atoms with Crippen molar-refractivity contribution < 1.29 is 14.4 Å². The van der Waals surface area contributed by atoms with Crippen molar-refractivity contribution in [3.8, 4) is 0 Å². The number of carbonyl (C=O) groups is 3. The molecule has 0 radical (unpaired) electrons. The molecule has 2 aliphatic heterocycles. The molecule has 0 saturated carbocycles. The summed E-state index contributed by atoms with van der Waals surface area (Å²) in [5.41, 5.74) is 0.237. The molecule has 158 valence electrons. The van der Waals surface area contributed by atoms with Crippen molar-refractivity contribution in [3.05, 3.63) is 33.8 Å². The van der Waals surface area contributed by atoms with Gasteiger partial charge in [0.15, 0.2) is 0 Å². The lowest BCUT2D eigenvalue weighted by Gasteiger charge is -2.36. The van der Waals surface area contributed by atoms with Gasteiger partial charge in [-0.25, -0.2) is 0 Å². The number of hydrogen-bond donors (Lipinski definition) is 2. The summed E-state index contributed by atoms with van der Waals surface area (Å²) < 4.78 is 0. The summed E-state index contributed by atoms with van der Waals surface area (Å²) in [4.78, 5) is 40.8. The van der Waals surface area contributed by atoms with Crippen molar-refractivity contribution in [1.82, 2.24) is 20.4 Å². The predicted octanol–water partition coefficient (Wildman–Crippen LogP) is 1.93. The normalized spacial score (nSPS) is 17.9. The number of hydrogen-bond acceptors (Lipinski definition) is 4. The second kappa shape index (κ2) is 10.3. The predicted molar refractivity (Wildman–Crippen MR) is 112 cm³/mol. The van der Waals surface area contributed by atoms with E-state index in [1.54, 1.807) is 11.0 Å². The van der Waals surface area contributed by atoms with Crippen LogP contribution in [0.2, 0.25) is 10.0 Å². The maximum atomic E-state index is 12.3. The van der Waals surface area contributed by atoms with Crippen LogP contribution in [-0.2, 0) is 9.59 Å². The van der Waals surface area contributed by atoms with Gasteiger partial charge in [-0.3, -0.25) is 14.4 Å². The number of likely N-dealkylation sites (tertiary alicyclic amines) is 2. The van der Waals surface area contributed by atoms with E-state index in [2.05, 4.69) is 15.5 Å². The first-order valence-electron chi connectivity index (χ1n) is 9.96. The Bertz CT molecular complexity index is 760. The van der Waals surface area contributed by atoms with Crippen LogP contribution in [0, 0.1) is 0 Å². The molecule has 9 heteroatoms. The van der Waals surface area contributed by atoms with E-state index in [1.807, 2.05) is 0 Å². The maximum absolute atomic E-state index is 12.3. The molecular weight excluding hydrogens is 415 g/mol. The van der Waals surface area contributed by atoms with Crippen molar-refractivity contribution in [2.24, 2.45) is 0 Å². The minimum atomic E-state index is -0.475. The lowest BCUT2D eigenvalue weighted by molar-refractivity contribution is -0.134. The van der Waals surface area contributed by atoms with Gasteiger partial charge < -0.3 is 20.4 Å². The molecule has 29 heavy (non-hydrogen) atoms. The van der Waals surface area contributed by atoms with E-state index in [-0.39, 0.29) is 29.6 Å². The minimum absolute atomic E-state index is 0.0647. The van der Waals surface area contributed by atoms with Crippen LogP contribution in [0.15, 0.2) is 18.2 Å². The second-order valence-electron chi connectivity index (χ2n) is 7.44. The molecule has 0 spiro atoms. The van der Waals surface area contributed by atoms with E-state index in [0.29, 0.717) is 11.1 Å². The molecule has 0 aliphatic carbocycles. The summed E-state index contributed by atoms with van der Waals surface area (Å²) in [6.07, 6.45) is 4.51. The van der Waals surface area contributed by atoms with Gasteiger partial charge in [-0.05, 0) is 57.0 Å². The summed E-state index contributed by atoms with van der Waals surface area (Å²) in [5, 5.41) is 5.69. The van der Waals surface area contributed by atoms with Gasteiger partial charge in [0.1, 0.15) is 0 Å². The van der Waals surface area contributed by atoms with Gasteiger partial charge in [-0.2, -0.15) is 0 Å². The zero-order valence-corrected chi connectivity index (χ0v) is 17.8. The van der Waals surface area contributed by atoms with Crippen LogP contribution in [0.25, 0.3) is 0 Å². The van der Waals surface area contributed by atoms with Gasteiger partial charge in [-0.1, -0.05) is 23.2 Å². The fourth-order valence-corrected chi connectivity index (χ4v) is 4.36. The fourth-order valence-electron chi connectivity index (χ4n) is 3.87. The molecule has 0 atom stereocenters. The fraction of sp³-hybridized carbons (Fsp3) is 0.550. The first kappa shape index (κ1) is 21.9. The first-order chi connectivity index (χ1) is 13.9. The van der Waals surface area contributed by atoms with E-state index in [9.17, 15) is 14.4 Å². The number of nitrogens with zero attached hydrogens (tertiary/aromatic N) is 2. The van der Waals surface area contributed by atoms with Gasteiger partial charge in [0.05, 0.1) is 23.7 Å². The molecule has 2 saturated heterocycles. The summed E-state index contributed by atoms with van der Waals surface area (Å²) in [6.45, 7) is 3.49. The SMILES string of the molecule is O=C(CNC(=O)c1ccc(Cl)cc1Cl)NCC(=O)N1CCC(N2CCCC2)CC1. The van der Waals surface area contributed by atoms with Gasteiger partial charge >= 0.3 is 0 Å². The third kappa shape index (κ3) is 6.07. The first-order valence-corrected chi connectivity index (χ1v) is 10.7. The van der Waals surface area contributed by atoms with Crippen LogP contribution >= 0.6 is 23.2 Å². The molecule has 3 rings (SSSR count). The Labute approximate surface area is 180 Å². The lowest BCUT2D eigenvalue weighted by Crippen LogP contribution is -2.49. The zero-order chi connectivity index (χ0) is 20.8. The van der Waals surface area contributed by atoms with E-state index in [0.717, 1.165) is 25.9 Å². The van der Waals surface area contributed by atoms with Crippen LogP contribution in [0.4, 0.5) is 0 Å². The Morgan fingerprint density at radius 3 is 2.31 bits per heavy atom. The minimum Gasteiger partial charge on any atom is -0.345 e. The van der Waals surface area contributed by atoms with Crippen molar-refractivity contribution in [1.29, 1.82) is 0 Å². The molecule has 0 unspecified atom stereocenters. The van der Waals surface area contributed by atoms with E-state index >= 15 is 0 Å². The zero-order valence-electron chi connectivity index (χ0n) is 16.3. The van der Waals surface area contributed by atoms with Crippen LogP contribution in [0.3, 0.4) is 0 Å². The van der Waals surface area contributed by atoms with Crippen molar-refractivity contribution in [2.45, 2.75) is 31.7 Å². The van der Waals surface area contributed by atoms with Crippen LogP contribution < -0.4 is 10.6 Å². The van der Waals surface area contributed by atoms with Gasteiger partial charge in [0.25, 0.3) is 5.91 Å². The topological polar surface area (TPSA) is 81.8 Å². The standard InChI is InChI=1S/C20H26Cl2N4O3/c21-14-3-4-16(17(22)11-14)20(29)24-12-18(27)23-13-19(28)26-9-5-15(6-10-26)25-7-1-2-8-25/h3-4,11,15H,1-2,5-10,12-13H2,(H,23,27)(H,24,29). The highest BCUT2D eigenvalue weighted by molar-refractivity contribution is 6.36. The molecule has 0 aromatic heterocycles. The second-order valence-corrected chi connectivity index (χ2v) is 8.28. The number of amides is 3. The summed E-state index contributed by atoms with van der Waals surface area (Å²) in [6, 6.07) is 5.08. The summed E-state index contributed by atoms with van der Waals surface area (Å²) >= 11 is 11.8. The van der Waals surface area contributed by atoms with E-state index in [4.69, 9.17) is 23.2 Å². The molecule has 3 amide bonds. The van der Waals surface area contributed by atoms with Gasteiger partial charge in [0, 0.05) is 24.2 Å². The van der Waals surface area contributed by atoms with Crippen LogP contribution in [0.1, 0.15) is 36.0 Å². The van der Waals surface area contributed by atoms with Gasteiger partial charge in [0.2, 0.25) is 11.8 Å². The number of benzene rings is 1. The third-order valence-corrected chi connectivity index (χ3v) is 6.04. The lowest BCUT2D eigenvalue weighted by atomic mass is 10.0. The molecular formula is C20H26Cl2N4O3. The number of piperidine rings is 1.